The van der Waals surface area contributed by atoms with Crippen molar-refractivity contribution in [3.63, 3.8) is 0 Å². The van der Waals surface area contributed by atoms with E-state index in [1.54, 1.807) is 30.3 Å². The van der Waals surface area contributed by atoms with E-state index < -0.39 is 7.14 Å². The molecule has 140 valence electrons. The van der Waals surface area contributed by atoms with Gasteiger partial charge in [-0.3, -0.25) is 4.79 Å². The molecule has 0 saturated carbocycles. The summed E-state index contributed by atoms with van der Waals surface area (Å²) in [5.41, 5.74) is 0.763. The quantitative estimate of drug-likeness (QED) is 0.462. The average Bonchev–Trinajstić information content (AvgIpc) is 3.10. The lowest BCUT2D eigenvalue weighted by Gasteiger charge is -2.18. The molecule has 7 heteroatoms. The fraction of sp³-hybridized carbons (Fsp3) is 0.0476. The van der Waals surface area contributed by atoms with Gasteiger partial charge < -0.3 is 9.88 Å². The van der Waals surface area contributed by atoms with Crippen LogP contribution in [0.3, 0.4) is 0 Å². The van der Waals surface area contributed by atoms with E-state index in [9.17, 15) is 9.36 Å². The minimum atomic E-state index is -3.12. The number of carbonyl (C=O) groups is 1. The van der Waals surface area contributed by atoms with Crippen molar-refractivity contribution in [2.24, 2.45) is 0 Å². The Bertz CT molecular complexity index is 1140. The van der Waals surface area contributed by atoms with Crippen LogP contribution < -0.4 is 15.9 Å². The number of nitrogens with zero attached hydrogens (tertiary/aromatic N) is 1. The fourth-order valence-electron chi connectivity index (χ4n) is 2.98. The molecule has 0 saturated heterocycles. The minimum Gasteiger partial charge on any atom is -0.313 e. The van der Waals surface area contributed by atoms with Crippen LogP contribution in [0, 0.1) is 0 Å². The summed E-state index contributed by atoms with van der Waals surface area (Å²) < 4.78 is 14.8. The molecule has 4 nitrogen and oxygen atoms in total. The first-order valence-corrected chi connectivity index (χ1v) is 11.7. The van der Waals surface area contributed by atoms with Crippen LogP contribution in [0.4, 0.5) is 5.13 Å². The van der Waals surface area contributed by atoms with Gasteiger partial charge in [0.1, 0.15) is 0 Å². The first-order valence-electron chi connectivity index (χ1n) is 8.61. The molecule has 0 fully saturated rings. The molecule has 1 heterocycles. The summed E-state index contributed by atoms with van der Waals surface area (Å²) in [7, 11) is -3.12. The number of carbonyl (C=O) groups excluding carboxylic acids is 1. The van der Waals surface area contributed by atoms with E-state index in [-0.39, 0.29) is 12.1 Å². The van der Waals surface area contributed by atoms with Crippen molar-refractivity contribution in [2.45, 2.75) is 0 Å². The molecule has 28 heavy (non-hydrogen) atoms. The molecule has 0 spiro atoms. The van der Waals surface area contributed by atoms with E-state index in [1.165, 1.54) is 11.3 Å². The molecule has 1 aromatic heterocycles. The van der Waals surface area contributed by atoms with Crippen molar-refractivity contribution < 1.29 is 9.36 Å². The summed E-state index contributed by atoms with van der Waals surface area (Å²) in [6.45, 7) is 0. The largest absolute Gasteiger partial charge is 0.313 e. The number of hydrogen-bond donors (Lipinski definition) is 1. The second kappa shape index (κ2) is 7.88. The molecular formula is C21H16ClN2O2PS. The topological polar surface area (TPSA) is 59.1 Å². The number of halogens is 1. The van der Waals surface area contributed by atoms with Crippen LogP contribution in [0.25, 0.3) is 10.2 Å². The Hall–Kier alpha value is -2.46. The highest BCUT2D eigenvalue weighted by Crippen LogP contribution is 2.43. The predicted octanol–water partition coefficient (Wildman–Crippen LogP) is 4.90. The number of thiazole rings is 1. The maximum Gasteiger partial charge on any atom is 0.234 e. The Labute approximate surface area is 171 Å². The van der Waals surface area contributed by atoms with Crippen molar-refractivity contribution in [3.05, 3.63) is 83.9 Å². The molecule has 3 aromatic carbocycles. The van der Waals surface area contributed by atoms with Crippen LogP contribution >= 0.6 is 30.1 Å². The van der Waals surface area contributed by atoms with Gasteiger partial charge in [-0.15, -0.1) is 0 Å². The van der Waals surface area contributed by atoms with Crippen LogP contribution in [-0.2, 0) is 9.36 Å². The molecule has 0 unspecified atom stereocenters. The van der Waals surface area contributed by atoms with Gasteiger partial charge >= 0.3 is 0 Å². The highest BCUT2D eigenvalue weighted by atomic mass is 35.5. The molecule has 4 rings (SSSR count). The van der Waals surface area contributed by atoms with Crippen LogP contribution in [0.2, 0.25) is 5.02 Å². The van der Waals surface area contributed by atoms with Crippen molar-refractivity contribution in [3.8, 4) is 0 Å². The molecule has 0 aliphatic heterocycles. The zero-order valence-electron chi connectivity index (χ0n) is 14.7. The second-order valence-electron chi connectivity index (χ2n) is 6.25. The fourth-order valence-corrected chi connectivity index (χ4v) is 6.59. The SMILES string of the molecule is O=C(CP(=O)(c1ccccc1)c1ccccc1)Nc1nc2ccc(Cl)cc2s1. The van der Waals surface area contributed by atoms with E-state index in [0.717, 1.165) is 10.2 Å². The number of fused-ring (bicyclic) bond motifs is 1. The molecule has 0 radical (unpaired) electrons. The van der Waals surface area contributed by atoms with Crippen LogP contribution in [-0.4, -0.2) is 17.1 Å². The number of benzene rings is 3. The van der Waals surface area contributed by atoms with Gasteiger partial charge in [0.15, 0.2) is 12.3 Å². The van der Waals surface area contributed by atoms with Gasteiger partial charge in [-0.2, -0.15) is 0 Å². The Morgan fingerprint density at radius 3 is 2.18 bits per heavy atom. The van der Waals surface area contributed by atoms with Crippen LogP contribution in [0.5, 0.6) is 0 Å². The Morgan fingerprint density at radius 1 is 0.964 bits per heavy atom. The maximum absolute atomic E-state index is 13.9. The van der Waals surface area contributed by atoms with Gasteiger partial charge in [0.2, 0.25) is 5.91 Å². The van der Waals surface area contributed by atoms with E-state index >= 15 is 0 Å². The smallest absolute Gasteiger partial charge is 0.234 e. The second-order valence-corrected chi connectivity index (χ2v) is 10.5. The van der Waals surface area contributed by atoms with E-state index in [0.29, 0.717) is 20.8 Å². The predicted molar refractivity (Wildman–Crippen MR) is 118 cm³/mol. The normalized spacial score (nSPS) is 11.5. The molecule has 0 aliphatic rings. The molecule has 0 bridgehead atoms. The van der Waals surface area contributed by atoms with Crippen molar-refractivity contribution in [2.75, 3.05) is 11.5 Å². The highest BCUT2D eigenvalue weighted by molar-refractivity contribution is 7.79. The molecule has 1 N–H and O–H groups in total. The molecule has 4 aromatic rings. The van der Waals surface area contributed by atoms with Gasteiger partial charge in [-0.1, -0.05) is 83.6 Å². The summed E-state index contributed by atoms with van der Waals surface area (Å²) in [6.07, 6.45) is -0.127. The van der Waals surface area contributed by atoms with E-state index in [1.807, 2.05) is 48.5 Å². The van der Waals surface area contributed by atoms with E-state index in [2.05, 4.69) is 10.3 Å². The standard InChI is InChI=1S/C21H16ClN2O2PS/c22-15-11-12-18-19(13-15)28-21(23-18)24-20(25)14-27(26,16-7-3-1-4-8-16)17-9-5-2-6-10-17/h1-13H,14H2,(H,23,24,25). The Kier molecular flexibility index (Phi) is 5.31. The first kappa shape index (κ1) is 18.9. The average molecular weight is 427 g/mol. The monoisotopic (exact) mass is 426 g/mol. The summed E-state index contributed by atoms with van der Waals surface area (Å²) >= 11 is 7.35. The molecular weight excluding hydrogens is 411 g/mol. The molecule has 1 amide bonds. The maximum atomic E-state index is 13.9. The van der Waals surface area contributed by atoms with Gasteiger partial charge in [-0.25, -0.2) is 4.98 Å². The molecule has 0 atom stereocenters. The van der Waals surface area contributed by atoms with Crippen LogP contribution in [0.1, 0.15) is 0 Å². The summed E-state index contributed by atoms with van der Waals surface area (Å²) in [4.78, 5) is 17.2. The molecule has 0 aliphatic carbocycles. The number of rotatable bonds is 5. The third kappa shape index (κ3) is 3.88. The van der Waals surface area contributed by atoms with Crippen molar-refractivity contribution in [1.82, 2.24) is 4.98 Å². The zero-order chi connectivity index (χ0) is 19.6. The number of nitrogens with one attached hydrogen (secondary N) is 1. The first-order chi connectivity index (χ1) is 13.5. The lowest BCUT2D eigenvalue weighted by Crippen LogP contribution is -2.26. The van der Waals surface area contributed by atoms with Gasteiger partial charge in [0.25, 0.3) is 0 Å². The van der Waals surface area contributed by atoms with Gasteiger partial charge in [0, 0.05) is 15.6 Å². The third-order valence-corrected chi connectivity index (χ3v) is 8.48. The van der Waals surface area contributed by atoms with Crippen LogP contribution in [0.15, 0.2) is 78.9 Å². The number of amides is 1. The highest BCUT2D eigenvalue weighted by Gasteiger charge is 2.30. The third-order valence-electron chi connectivity index (χ3n) is 4.31. The number of anilines is 1. The number of hydrogen-bond acceptors (Lipinski definition) is 4. The van der Waals surface area contributed by atoms with Crippen molar-refractivity contribution >= 4 is 61.9 Å². The van der Waals surface area contributed by atoms with Crippen molar-refractivity contribution in [1.29, 1.82) is 0 Å². The lowest BCUT2D eigenvalue weighted by atomic mass is 10.3. The summed E-state index contributed by atoms with van der Waals surface area (Å²) in [5, 5.41) is 5.20. The minimum absolute atomic E-state index is 0.127. The summed E-state index contributed by atoms with van der Waals surface area (Å²) in [6, 6.07) is 23.7. The summed E-state index contributed by atoms with van der Waals surface area (Å²) in [5.74, 6) is -0.332. The van der Waals surface area contributed by atoms with Gasteiger partial charge in [-0.05, 0) is 18.2 Å². The number of aromatic nitrogens is 1. The van der Waals surface area contributed by atoms with Gasteiger partial charge in [0.05, 0.1) is 16.4 Å². The zero-order valence-corrected chi connectivity index (χ0v) is 17.2. The lowest BCUT2D eigenvalue weighted by molar-refractivity contribution is -0.113. The Balaban J connectivity index is 1.63. The van der Waals surface area contributed by atoms with E-state index in [4.69, 9.17) is 11.6 Å². The Morgan fingerprint density at radius 2 is 1.57 bits per heavy atom.